The number of nitro benzene ring substituents is 1. The van der Waals surface area contributed by atoms with Gasteiger partial charge < -0.3 is 4.74 Å². The van der Waals surface area contributed by atoms with E-state index in [9.17, 15) is 18.5 Å². The van der Waals surface area contributed by atoms with Crippen molar-refractivity contribution in [2.24, 2.45) is 5.14 Å². The van der Waals surface area contributed by atoms with Gasteiger partial charge in [-0.15, -0.1) is 0 Å². The zero-order chi connectivity index (χ0) is 15.9. The summed E-state index contributed by atoms with van der Waals surface area (Å²) in [4.78, 5) is 9.65. The van der Waals surface area contributed by atoms with Crippen LogP contribution < -0.4 is 9.88 Å². The number of benzene rings is 1. The molecule has 0 saturated heterocycles. The highest BCUT2D eigenvalue weighted by atomic mass is 32.2. The standard InChI is InChI=1S/C13H20N2O5S/c1-2-3-4-5-6-9-20-12-8-7-11(15(16)17)10-13(12)21(14,18)19/h7-8,10H,2-6,9H2,1H3,(H2,14,18,19). The molecule has 1 aromatic carbocycles. The van der Waals surface area contributed by atoms with Gasteiger partial charge in [0.1, 0.15) is 10.6 Å². The molecule has 0 aliphatic heterocycles. The Morgan fingerprint density at radius 1 is 1.24 bits per heavy atom. The Hall–Kier alpha value is -1.67. The number of nitro groups is 1. The zero-order valence-corrected chi connectivity index (χ0v) is 12.8. The molecule has 0 fully saturated rings. The summed E-state index contributed by atoms with van der Waals surface area (Å²) in [6.45, 7) is 2.47. The smallest absolute Gasteiger partial charge is 0.271 e. The number of hydrogen-bond acceptors (Lipinski definition) is 5. The molecule has 0 aromatic heterocycles. The van der Waals surface area contributed by atoms with Crippen LogP contribution in [0.15, 0.2) is 23.1 Å². The van der Waals surface area contributed by atoms with E-state index in [1.807, 2.05) is 0 Å². The first-order valence-electron chi connectivity index (χ1n) is 6.80. The van der Waals surface area contributed by atoms with E-state index < -0.39 is 14.9 Å². The predicted molar refractivity (Wildman–Crippen MR) is 78.7 cm³/mol. The first kappa shape index (κ1) is 17.4. The van der Waals surface area contributed by atoms with Gasteiger partial charge in [0.25, 0.3) is 5.69 Å². The molecule has 0 aliphatic rings. The van der Waals surface area contributed by atoms with Gasteiger partial charge in [0, 0.05) is 12.1 Å². The number of ether oxygens (including phenoxy) is 1. The van der Waals surface area contributed by atoms with E-state index in [-0.39, 0.29) is 16.3 Å². The van der Waals surface area contributed by atoms with Gasteiger partial charge in [-0.2, -0.15) is 0 Å². The summed E-state index contributed by atoms with van der Waals surface area (Å²) in [6, 6.07) is 3.38. The van der Waals surface area contributed by atoms with Gasteiger partial charge in [-0.25, -0.2) is 13.6 Å². The highest BCUT2D eigenvalue weighted by Crippen LogP contribution is 2.27. The van der Waals surface area contributed by atoms with Gasteiger partial charge in [-0.05, 0) is 12.5 Å². The number of non-ortho nitro benzene ring substituents is 1. The number of rotatable bonds is 9. The Bertz CT molecular complexity index is 586. The Morgan fingerprint density at radius 3 is 2.48 bits per heavy atom. The van der Waals surface area contributed by atoms with Crippen LogP contribution in [-0.4, -0.2) is 19.9 Å². The summed E-state index contributed by atoms with van der Waals surface area (Å²) in [5.74, 6) is 0.0543. The van der Waals surface area contributed by atoms with Gasteiger partial charge in [0.15, 0.2) is 0 Å². The maximum Gasteiger partial charge on any atom is 0.271 e. The second-order valence-corrected chi connectivity index (χ2v) is 6.23. The third-order valence-electron chi connectivity index (χ3n) is 2.95. The van der Waals surface area contributed by atoms with Crippen molar-refractivity contribution in [2.75, 3.05) is 6.61 Å². The fourth-order valence-electron chi connectivity index (χ4n) is 1.84. The molecule has 1 aromatic rings. The minimum Gasteiger partial charge on any atom is -0.492 e. The summed E-state index contributed by atoms with van der Waals surface area (Å²) in [7, 11) is -4.07. The SMILES string of the molecule is CCCCCCCOc1ccc([N+](=O)[O-])cc1S(N)(=O)=O. The van der Waals surface area contributed by atoms with Crippen LogP contribution in [0.4, 0.5) is 5.69 Å². The molecule has 0 unspecified atom stereocenters. The average molecular weight is 316 g/mol. The molecule has 0 bridgehead atoms. The first-order chi connectivity index (χ1) is 9.86. The monoisotopic (exact) mass is 316 g/mol. The van der Waals surface area contributed by atoms with Crippen LogP contribution in [0.3, 0.4) is 0 Å². The molecule has 2 N–H and O–H groups in total. The average Bonchev–Trinajstić information content (AvgIpc) is 2.41. The molecule has 0 aliphatic carbocycles. The van der Waals surface area contributed by atoms with E-state index >= 15 is 0 Å². The quantitative estimate of drug-likeness (QED) is 0.427. The Balaban J connectivity index is 2.75. The summed E-state index contributed by atoms with van der Waals surface area (Å²) >= 11 is 0. The number of unbranched alkanes of at least 4 members (excludes halogenated alkanes) is 4. The third-order valence-corrected chi connectivity index (χ3v) is 3.88. The van der Waals surface area contributed by atoms with Crippen molar-refractivity contribution in [1.82, 2.24) is 0 Å². The minimum atomic E-state index is -4.07. The van der Waals surface area contributed by atoms with Crippen LogP contribution in [0.1, 0.15) is 39.0 Å². The van der Waals surface area contributed by atoms with E-state index in [2.05, 4.69) is 6.92 Å². The van der Waals surface area contributed by atoms with Crippen molar-refractivity contribution < 1.29 is 18.1 Å². The number of nitrogens with two attached hydrogens (primary N) is 1. The molecular weight excluding hydrogens is 296 g/mol. The molecule has 0 atom stereocenters. The number of sulfonamides is 1. The number of nitrogens with zero attached hydrogens (tertiary/aromatic N) is 1. The molecule has 0 spiro atoms. The lowest BCUT2D eigenvalue weighted by Gasteiger charge is -2.10. The van der Waals surface area contributed by atoms with Gasteiger partial charge in [0.2, 0.25) is 10.0 Å². The van der Waals surface area contributed by atoms with Crippen LogP contribution in [-0.2, 0) is 10.0 Å². The fraction of sp³-hybridized carbons (Fsp3) is 0.538. The minimum absolute atomic E-state index is 0.0543. The molecule has 0 amide bonds. The van der Waals surface area contributed by atoms with E-state index in [4.69, 9.17) is 9.88 Å². The van der Waals surface area contributed by atoms with E-state index in [1.54, 1.807) is 0 Å². The maximum absolute atomic E-state index is 11.5. The molecule has 0 saturated carbocycles. The summed E-state index contributed by atoms with van der Waals surface area (Å²) in [5.41, 5.74) is -0.339. The fourth-order valence-corrected chi connectivity index (χ4v) is 2.53. The van der Waals surface area contributed by atoms with E-state index in [1.165, 1.54) is 12.1 Å². The molecule has 1 rings (SSSR count). The number of hydrogen-bond donors (Lipinski definition) is 1. The Labute approximate surface area is 124 Å². The normalized spacial score (nSPS) is 11.3. The van der Waals surface area contributed by atoms with Gasteiger partial charge in [-0.3, -0.25) is 10.1 Å². The molecule has 0 heterocycles. The summed E-state index contributed by atoms with van der Waals surface area (Å²) < 4.78 is 28.4. The Kier molecular flexibility index (Phi) is 6.57. The van der Waals surface area contributed by atoms with Gasteiger partial charge >= 0.3 is 0 Å². The predicted octanol–water partition coefficient (Wildman–Crippen LogP) is 2.59. The maximum atomic E-state index is 11.5. The molecule has 21 heavy (non-hydrogen) atoms. The van der Waals surface area contributed by atoms with Crippen LogP contribution in [0.25, 0.3) is 0 Å². The van der Waals surface area contributed by atoms with Crippen molar-refractivity contribution in [2.45, 2.75) is 43.9 Å². The highest BCUT2D eigenvalue weighted by Gasteiger charge is 2.19. The largest absolute Gasteiger partial charge is 0.492 e. The lowest BCUT2D eigenvalue weighted by atomic mass is 10.2. The second-order valence-electron chi connectivity index (χ2n) is 4.70. The van der Waals surface area contributed by atoms with Crippen LogP contribution >= 0.6 is 0 Å². The molecule has 118 valence electrons. The Morgan fingerprint density at radius 2 is 1.90 bits per heavy atom. The zero-order valence-electron chi connectivity index (χ0n) is 11.9. The van der Waals surface area contributed by atoms with Crippen LogP contribution in [0.2, 0.25) is 0 Å². The van der Waals surface area contributed by atoms with Crippen molar-refractivity contribution in [1.29, 1.82) is 0 Å². The first-order valence-corrected chi connectivity index (χ1v) is 8.35. The highest BCUT2D eigenvalue weighted by molar-refractivity contribution is 7.89. The van der Waals surface area contributed by atoms with E-state index in [0.29, 0.717) is 6.61 Å². The number of primary sulfonamides is 1. The van der Waals surface area contributed by atoms with Gasteiger partial charge in [0.05, 0.1) is 11.5 Å². The molecule has 7 nitrogen and oxygen atoms in total. The van der Waals surface area contributed by atoms with Crippen LogP contribution in [0, 0.1) is 10.1 Å². The summed E-state index contributed by atoms with van der Waals surface area (Å²) in [5, 5.41) is 15.7. The van der Waals surface area contributed by atoms with Crippen molar-refractivity contribution >= 4 is 15.7 Å². The third kappa shape index (κ3) is 5.68. The van der Waals surface area contributed by atoms with Crippen LogP contribution in [0.5, 0.6) is 5.75 Å². The van der Waals surface area contributed by atoms with Crippen molar-refractivity contribution in [3.63, 3.8) is 0 Å². The summed E-state index contributed by atoms with van der Waals surface area (Å²) in [6.07, 6.45) is 5.17. The lowest BCUT2D eigenvalue weighted by molar-refractivity contribution is -0.385. The van der Waals surface area contributed by atoms with Gasteiger partial charge in [-0.1, -0.05) is 32.6 Å². The molecular formula is C13H20N2O5S. The lowest BCUT2D eigenvalue weighted by Crippen LogP contribution is -2.14. The topological polar surface area (TPSA) is 113 Å². The van der Waals surface area contributed by atoms with Crippen molar-refractivity contribution in [3.8, 4) is 5.75 Å². The molecule has 8 heteroatoms. The van der Waals surface area contributed by atoms with Crippen molar-refractivity contribution in [3.05, 3.63) is 28.3 Å². The van der Waals surface area contributed by atoms with E-state index in [0.717, 1.165) is 38.2 Å². The second kappa shape index (κ2) is 7.94. The molecule has 0 radical (unpaired) electrons.